The van der Waals surface area contributed by atoms with Crippen LogP contribution in [0.25, 0.3) is 0 Å². The van der Waals surface area contributed by atoms with Gasteiger partial charge in [-0.25, -0.2) is 4.79 Å². The van der Waals surface area contributed by atoms with Crippen LogP contribution in [-0.4, -0.2) is 22.6 Å². The summed E-state index contributed by atoms with van der Waals surface area (Å²) in [6.45, 7) is 0.802. The van der Waals surface area contributed by atoms with Gasteiger partial charge in [-0.3, -0.25) is 4.98 Å². The molecule has 2 aromatic rings. The molecule has 0 saturated heterocycles. The van der Waals surface area contributed by atoms with Gasteiger partial charge in [-0.15, -0.1) is 0 Å². The Kier molecular flexibility index (Phi) is 3.91. The normalized spacial score (nSPS) is 10.0. The van der Waals surface area contributed by atoms with Crippen molar-refractivity contribution in [2.45, 2.75) is 6.42 Å². The minimum atomic E-state index is -0.904. The first-order valence-corrected chi connectivity index (χ1v) is 5.72. The number of hydrogen-bond donors (Lipinski definition) is 2. The Morgan fingerprint density at radius 2 is 1.78 bits per heavy atom. The number of benzene rings is 1. The fourth-order valence-electron chi connectivity index (χ4n) is 1.63. The van der Waals surface area contributed by atoms with Gasteiger partial charge in [0, 0.05) is 24.6 Å². The summed E-state index contributed by atoms with van der Waals surface area (Å²) >= 11 is 0. The monoisotopic (exact) mass is 242 g/mol. The maximum absolute atomic E-state index is 10.7. The van der Waals surface area contributed by atoms with Crippen LogP contribution in [-0.2, 0) is 6.42 Å². The fraction of sp³-hybridized carbons (Fsp3) is 0.143. The summed E-state index contributed by atoms with van der Waals surface area (Å²) in [5, 5.41) is 12.0. The molecule has 18 heavy (non-hydrogen) atoms. The Labute approximate surface area is 105 Å². The molecule has 0 bridgehead atoms. The number of anilines is 1. The van der Waals surface area contributed by atoms with Crippen LogP contribution in [0.4, 0.5) is 5.69 Å². The van der Waals surface area contributed by atoms with Gasteiger partial charge in [0.2, 0.25) is 0 Å². The molecule has 1 aromatic carbocycles. The van der Waals surface area contributed by atoms with Gasteiger partial charge in [-0.2, -0.15) is 0 Å². The summed E-state index contributed by atoms with van der Waals surface area (Å²) in [5.74, 6) is -0.904. The Morgan fingerprint density at radius 3 is 2.39 bits per heavy atom. The van der Waals surface area contributed by atoms with Gasteiger partial charge in [0.1, 0.15) is 0 Å². The lowest BCUT2D eigenvalue weighted by Gasteiger charge is -2.06. The van der Waals surface area contributed by atoms with E-state index in [-0.39, 0.29) is 0 Å². The molecule has 0 spiro atoms. The fourth-order valence-corrected chi connectivity index (χ4v) is 1.63. The molecule has 92 valence electrons. The number of carbonyl (C=O) groups is 1. The van der Waals surface area contributed by atoms with E-state index in [0.29, 0.717) is 5.56 Å². The van der Waals surface area contributed by atoms with E-state index in [0.717, 1.165) is 18.7 Å². The van der Waals surface area contributed by atoms with Gasteiger partial charge in [-0.1, -0.05) is 0 Å². The predicted molar refractivity (Wildman–Crippen MR) is 69.8 cm³/mol. The first-order chi connectivity index (χ1) is 8.75. The van der Waals surface area contributed by atoms with Crippen LogP contribution in [0.2, 0.25) is 0 Å². The number of rotatable bonds is 5. The van der Waals surface area contributed by atoms with Crippen molar-refractivity contribution in [3.8, 4) is 0 Å². The van der Waals surface area contributed by atoms with Gasteiger partial charge < -0.3 is 10.4 Å². The van der Waals surface area contributed by atoms with E-state index in [2.05, 4.69) is 10.3 Å². The topological polar surface area (TPSA) is 62.2 Å². The van der Waals surface area contributed by atoms with Crippen LogP contribution >= 0.6 is 0 Å². The van der Waals surface area contributed by atoms with Crippen molar-refractivity contribution in [3.63, 3.8) is 0 Å². The van der Waals surface area contributed by atoms with Crippen molar-refractivity contribution in [2.24, 2.45) is 0 Å². The smallest absolute Gasteiger partial charge is 0.335 e. The van der Waals surface area contributed by atoms with Crippen molar-refractivity contribution >= 4 is 11.7 Å². The van der Waals surface area contributed by atoms with Gasteiger partial charge in [0.05, 0.1) is 5.56 Å². The summed E-state index contributed by atoms with van der Waals surface area (Å²) < 4.78 is 0. The highest BCUT2D eigenvalue weighted by Gasteiger charge is 2.01. The molecule has 2 N–H and O–H groups in total. The van der Waals surface area contributed by atoms with E-state index in [1.54, 1.807) is 36.7 Å². The molecular formula is C14H14N2O2. The third kappa shape index (κ3) is 3.31. The number of nitrogens with one attached hydrogen (secondary N) is 1. The highest BCUT2D eigenvalue weighted by molar-refractivity contribution is 5.87. The quantitative estimate of drug-likeness (QED) is 0.845. The standard InChI is InChI=1S/C14H14N2O2/c17-14(18)12-1-3-13(4-2-12)16-10-7-11-5-8-15-9-6-11/h1-6,8-9,16H,7,10H2,(H,17,18). The molecule has 1 aromatic heterocycles. The Morgan fingerprint density at radius 1 is 1.11 bits per heavy atom. The van der Waals surface area contributed by atoms with Gasteiger partial charge in [-0.05, 0) is 48.4 Å². The molecule has 0 atom stereocenters. The molecular weight excluding hydrogens is 228 g/mol. The molecule has 4 heteroatoms. The Hall–Kier alpha value is -2.36. The molecule has 0 radical (unpaired) electrons. The second-order valence-electron chi connectivity index (χ2n) is 3.91. The lowest BCUT2D eigenvalue weighted by molar-refractivity contribution is 0.0697. The number of nitrogens with zero attached hydrogens (tertiary/aromatic N) is 1. The van der Waals surface area contributed by atoms with Crippen LogP contribution in [0.5, 0.6) is 0 Å². The molecule has 0 saturated carbocycles. The first-order valence-electron chi connectivity index (χ1n) is 5.72. The minimum absolute atomic E-state index is 0.301. The number of hydrogen-bond acceptors (Lipinski definition) is 3. The second-order valence-corrected chi connectivity index (χ2v) is 3.91. The number of aromatic carboxylic acids is 1. The van der Waals surface area contributed by atoms with E-state index >= 15 is 0 Å². The molecule has 0 aliphatic carbocycles. The third-order valence-electron chi connectivity index (χ3n) is 2.62. The largest absolute Gasteiger partial charge is 0.478 e. The zero-order valence-corrected chi connectivity index (χ0v) is 9.84. The van der Waals surface area contributed by atoms with Gasteiger partial charge >= 0.3 is 5.97 Å². The molecule has 2 rings (SSSR count). The van der Waals surface area contributed by atoms with Crippen molar-refractivity contribution in [3.05, 3.63) is 59.9 Å². The molecule has 0 unspecified atom stereocenters. The Bertz CT molecular complexity index is 509. The maximum atomic E-state index is 10.7. The van der Waals surface area contributed by atoms with Crippen molar-refractivity contribution in [1.82, 2.24) is 4.98 Å². The van der Waals surface area contributed by atoms with Crippen LogP contribution in [0.15, 0.2) is 48.8 Å². The minimum Gasteiger partial charge on any atom is -0.478 e. The van der Waals surface area contributed by atoms with Gasteiger partial charge in [0.15, 0.2) is 0 Å². The van der Waals surface area contributed by atoms with E-state index in [1.807, 2.05) is 12.1 Å². The number of carboxylic acid groups (broad SMARTS) is 1. The summed E-state index contributed by atoms with van der Waals surface area (Å²) in [5.41, 5.74) is 2.45. The molecule has 0 aliphatic heterocycles. The summed E-state index contributed by atoms with van der Waals surface area (Å²) in [6, 6.07) is 10.7. The van der Waals surface area contributed by atoms with Crippen LogP contribution in [0.3, 0.4) is 0 Å². The first kappa shape index (κ1) is 12.1. The van der Waals surface area contributed by atoms with Gasteiger partial charge in [0.25, 0.3) is 0 Å². The highest BCUT2D eigenvalue weighted by Crippen LogP contribution is 2.09. The lowest BCUT2D eigenvalue weighted by Crippen LogP contribution is -2.05. The van der Waals surface area contributed by atoms with E-state index in [9.17, 15) is 4.79 Å². The van der Waals surface area contributed by atoms with Crippen LogP contribution in [0, 0.1) is 0 Å². The van der Waals surface area contributed by atoms with Crippen molar-refractivity contribution < 1.29 is 9.90 Å². The van der Waals surface area contributed by atoms with E-state index in [1.165, 1.54) is 5.56 Å². The zero-order chi connectivity index (χ0) is 12.8. The zero-order valence-electron chi connectivity index (χ0n) is 9.84. The molecule has 4 nitrogen and oxygen atoms in total. The number of aromatic nitrogens is 1. The van der Waals surface area contributed by atoms with Crippen molar-refractivity contribution in [1.29, 1.82) is 0 Å². The Balaban J connectivity index is 1.85. The summed E-state index contributed by atoms with van der Waals surface area (Å²) in [4.78, 5) is 14.6. The second kappa shape index (κ2) is 5.82. The average molecular weight is 242 g/mol. The summed E-state index contributed by atoms with van der Waals surface area (Å²) in [6.07, 6.45) is 4.46. The molecule has 0 amide bonds. The molecule has 1 heterocycles. The van der Waals surface area contributed by atoms with E-state index in [4.69, 9.17) is 5.11 Å². The lowest BCUT2D eigenvalue weighted by atomic mass is 10.2. The number of carboxylic acids is 1. The van der Waals surface area contributed by atoms with Crippen LogP contribution < -0.4 is 5.32 Å². The van der Waals surface area contributed by atoms with E-state index < -0.39 is 5.97 Å². The van der Waals surface area contributed by atoms with Crippen LogP contribution in [0.1, 0.15) is 15.9 Å². The number of pyridine rings is 1. The maximum Gasteiger partial charge on any atom is 0.335 e. The third-order valence-corrected chi connectivity index (χ3v) is 2.62. The molecule has 0 fully saturated rings. The van der Waals surface area contributed by atoms with Crippen molar-refractivity contribution in [2.75, 3.05) is 11.9 Å². The predicted octanol–water partition coefficient (Wildman–Crippen LogP) is 2.43. The highest BCUT2D eigenvalue weighted by atomic mass is 16.4. The SMILES string of the molecule is O=C(O)c1ccc(NCCc2ccncc2)cc1. The molecule has 0 aliphatic rings. The average Bonchev–Trinajstić information content (AvgIpc) is 2.40. The summed E-state index contributed by atoms with van der Waals surface area (Å²) in [7, 11) is 0.